The minimum Gasteiger partial charge on any atom is -0.383 e. The van der Waals surface area contributed by atoms with Crippen molar-refractivity contribution in [3.05, 3.63) is 84.6 Å². The zero-order chi connectivity index (χ0) is 35.2. The summed E-state index contributed by atoms with van der Waals surface area (Å²) in [6.07, 6.45) is 9.86. The van der Waals surface area contributed by atoms with Crippen LogP contribution in [0.2, 0.25) is 0 Å². The summed E-state index contributed by atoms with van der Waals surface area (Å²) in [5, 5.41) is 12.7. The van der Waals surface area contributed by atoms with Crippen LogP contribution >= 0.6 is 0 Å². The largest absolute Gasteiger partial charge is 0.383 e. The number of amides is 2. The van der Waals surface area contributed by atoms with E-state index in [2.05, 4.69) is 51.4 Å². The number of rotatable bonds is 13. The predicted molar refractivity (Wildman–Crippen MR) is 198 cm³/mol. The van der Waals surface area contributed by atoms with Crippen LogP contribution in [0.3, 0.4) is 0 Å². The number of nitrogen functional groups attached to an aromatic ring is 1. The minimum absolute atomic E-state index is 0.0400. The normalized spacial score (nSPS) is 13.2. The molecule has 0 radical (unpaired) electrons. The molecule has 5 N–H and O–H groups in total. The summed E-state index contributed by atoms with van der Waals surface area (Å²) in [4.78, 5) is 50.1. The van der Waals surface area contributed by atoms with Crippen LogP contribution in [-0.2, 0) is 17.9 Å². The highest BCUT2D eigenvalue weighted by Gasteiger charge is 2.20. The average Bonchev–Trinajstić information content (AvgIpc) is 3.79. The van der Waals surface area contributed by atoms with Crippen molar-refractivity contribution >= 4 is 51.2 Å². The Balaban J connectivity index is 0.868. The number of unbranched alkanes of at least 4 members (excludes halogenated alkanes) is 1. The summed E-state index contributed by atoms with van der Waals surface area (Å²) < 4.78 is 1.88. The number of benzene rings is 2. The molecule has 1 fully saturated rings. The Morgan fingerprint density at radius 1 is 0.902 bits per heavy atom. The van der Waals surface area contributed by atoms with Crippen molar-refractivity contribution in [2.75, 3.05) is 48.3 Å². The third-order valence-corrected chi connectivity index (χ3v) is 9.18. The molecule has 14 heteroatoms. The van der Waals surface area contributed by atoms with Gasteiger partial charge in [-0.15, -0.1) is 0 Å². The van der Waals surface area contributed by atoms with E-state index in [1.165, 1.54) is 6.33 Å². The number of fused-ring (bicyclic) bond motifs is 2. The standard InChI is InChI=1S/C37H42N12O2/c1-2-5-31(50)41-21-25-22-42-37(43-23-25)48-18-16-47(17-19-48)29-9-6-26(7-10-29)36(51)40-13-3-4-15-49-35-32(34(38)44-24-45-35)33(46-49)28-8-11-30-27(20-28)12-14-39-30/h6-12,14,20,22-24,39H,2-5,13,15-19,21H2,1H3,(H,40,51)(H,41,50)(H2,38,44,45). The molecule has 0 bridgehead atoms. The van der Waals surface area contributed by atoms with Crippen LogP contribution in [0.4, 0.5) is 17.5 Å². The Hall–Kier alpha value is -6.05. The smallest absolute Gasteiger partial charge is 0.251 e. The van der Waals surface area contributed by atoms with Crippen LogP contribution in [0.1, 0.15) is 48.5 Å². The van der Waals surface area contributed by atoms with Gasteiger partial charge in [-0.2, -0.15) is 5.10 Å². The maximum absolute atomic E-state index is 12.9. The number of aromatic nitrogens is 7. The van der Waals surface area contributed by atoms with E-state index in [9.17, 15) is 9.59 Å². The number of hydrogen-bond donors (Lipinski definition) is 4. The SMILES string of the molecule is CCCC(=O)NCc1cnc(N2CCN(c3ccc(C(=O)NCCCCn4nc(-c5ccc6[nH]ccc6c5)c5c(N)ncnc54)cc3)CC2)nc1. The number of H-pyrrole nitrogens is 1. The fraction of sp³-hybridized carbons (Fsp3) is 0.324. The van der Waals surface area contributed by atoms with E-state index < -0.39 is 0 Å². The maximum atomic E-state index is 12.9. The lowest BCUT2D eigenvalue weighted by Crippen LogP contribution is -2.47. The Labute approximate surface area is 295 Å². The Bertz CT molecular complexity index is 2120. The summed E-state index contributed by atoms with van der Waals surface area (Å²) in [6, 6.07) is 15.9. The van der Waals surface area contributed by atoms with Gasteiger partial charge in [-0.25, -0.2) is 24.6 Å². The minimum atomic E-state index is -0.0932. The lowest BCUT2D eigenvalue weighted by atomic mass is 10.1. The number of piperazine rings is 1. The summed E-state index contributed by atoms with van der Waals surface area (Å²) >= 11 is 0. The van der Waals surface area contributed by atoms with E-state index >= 15 is 0 Å². The van der Waals surface area contributed by atoms with Gasteiger partial charge in [0, 0.05) is 104 Å². The molecule has 1 aliphatic rings. The second-order valence-corrected chi connectivity index (χ2v) is 12.7. The monoisotopic (exact) mass is 686 g/mol. The van der Waals surface area contributed by atoms with Gasteiger partial charge in [0.15, 0.2) is 5.65 Å². The number of nitrogens with two attached hydrogens (primary N) is 1. The lowest BCUT2D eigenvalue weighted by Gasteiger charge is -2.36. The average molecular weight is 687 g/mol. The van der Waals surface area contributed by atoms with Crippen molar-refractivity contribution in [2.45, 2.75) is 45.7 Å². The fourth-order valence-corrected chi connectivity index (χ4v) is 6.39. The van der Waals surface area contributed by atoms with Gasteiger partial charge in [-0.3, -0.25) is 9.59 Å². The van der Waals surface area contributed by atoms with Gasteiger partial charge in [0.2, 0.25) is 11.9 Å². The van der Waals surface area contributed by atoms with E-state index in [0.29, 0.717) is 49.0 Å². The van der Waals surface area contributed by atoms with Gasteiger partial charge >= 0.3 is 0 Å². The molecule has 0 spiro atoms. The number of carbonyl (C=O) groups is 2. The lowest BCUT2D eigenvalue weighted by molar-refractivity contribution is -0.121. The van der Waals surface area contributed by atoms with E-state index in [1.54, 1.807) is 12.4 Å². The molecule has 2 aromatic carbocycles. The van der Waals surface area contributed by atoms with Gasteiger partial charge < -0.3 is 31.2 Å². The predicted octanol–water partition coefficient (Wildman–Crippen LogP) is 4.30. The van der Waals surface area contributed by atoms with E-state index in [-0.39, 0.29) is 11.8 Å². The Kier molecular flexibility index (Phi) is 9.99. The van der Waals surface area contributed by atoms with Gasteiger partial charge in [-0.1, -0.05) is 13.0 Å². The van der Waals surface area contributed by atoms with Gasteiger partial charge in [0.05, 0.1) is 5.39 Å². The molecule has 0 unspecified atom stereocenters. The van der Waals surface area contributed by atoms with Crippen LogP contribution in [-0.4, -0.2) is 79.2 Å². The number of aryl methyl sites for hydroxylation is 1. The van der Waals surface area contributed by atoms with Crippen molar-refractivity contribution < 1.29 is 9.59 Å². The van der Waals surface area contributed by atoms with Crippen LogP contribution < -0.4 is 26.2 Å². The molecule has 4 aromatic heterocycles. The first-order valence-corrected chi connectivity index (χ1v) is 17.5. The molecule has 7 rings (SSSR count). The molecule has 262 valence electrons. The molecule has 0 aliphatic carbocycles. The zero-order valence-corrected chi connectivity index (χ0v) is 28.7. The molecule has 0 atom stereocenters. The second kappa shape index (κ2) is 15.2. The van der Waals surface area contributed by atoms with Crippen LogP contribution in [0.5, 0.6) is 0 Å². The highest BCUT2D eigenvalue weighted by atomic mass is 16.2. The highest BCUT2D eigenvalue weighted by Crippen LogP contribution is 2.32. The number of nitrogens with one attached hydrogen (secondary N) is 3. The van der Waals surface area contributed by atoms with E-state index in [0.717, 1.165) is 84.2 Å². The Morgan fingerprint density at radius 2 is 1.69 bits per heavy atom. The van der Waals surface area contributed by atoms with Gasteiger partial charge in [0.1, 0.15) is 17.8 Å². The Morgan fingerprint density at radius 3 is 2.47 bits per heavy atom. The molecule has 5 heterocycles. The van der Waals surface area contributed by atoms with Gasteiger partial charge in [0.25, 0.3) is 5.91 Å². The van der Waals surface area contributed by atoms with Crippen LogP contribution in [0.25, 0.3) is 33.2 Å². The van der Waals surface area contributed by atoms with Crippen molar-refractivity contribution in [3.8, 4) is 11.3 Å². The number of nitrogens with zero attached hydrogens (tertiary/aromatic N) is 8. The van der Waals surface area contributed by atoms with Crippen molar-refractivity contribution in [2.24, 2.45) is 0 Å². The molecule has 51 heavy (non-hydrogen) atoms. The van der Waals surface area contributed by atoms with Crippen molar-refractivity contribution in [3.63, 3.8) is 0 Å². The zero-order valence-electron chi connectivity index (χ0n) is 28.7. The topological polar surface area (TPSA) is 176 Å². The second-order valence-electron chi connectivity index (χ2n) is 12.7. The summed E-state index contributed by atoms with van der Waals surface area (Å²) in [5.41, 5.74) is 12.4. The first-order valence-electron chi connectivity index (χ1n) is 17.5. The fourth-order valence-electron chi connectivity index (χ4n) is 6.39. The van der Waals surface area contributed by atoms with Crippen molar-refractivity contribution in [1.29, 1.82) is 0 Å². The molecule has 0 saturated carbocycles. The maximum Gasteiger partial charge on any atom is 0.251 e. The first-order chi connectivity index (χ1) is 25.0. The third-order valence-electron chi connectivity index (χ3n) is 9.18. The molecule has 6 aromatic rings. The number of carbonyl (C=O) groups excluding carboxylic acids is 2. The molecule has 1 aliphatic heterocycles. The molecular weight excluding hydrogens is 644 g/mol. The highest BCUT2D eigenvalue weighted by molar-refractivity contribution is 6.00. The third kappa shape index (κ3) is 7.59. The molecule has 14 nitrogen and oxygen atoms in total. The summed E-state index contributed by atoms with van der Waals surface area (Å²) in [6.45, 7) is 6.81. The summed E-state index contributed by atoms with van der Waals surface area (Å²) in [7, 11) is 0. The molecular formula is C37H42N12O2. The number of hydrogen-bond acceptors (Lipinski definition) is 10. The quantitative estimate of drug-likeness (QED) is 0.128. The number of aromatic amines is 1. The number of anilines is 3. The van der Waals surface area contributed by atoms with E-state index in [1.807, 2.05) is 60.3 Å². The molecule has 2 amide bonds. The summed E-state index contributed by atoms with van der Waals surface area (Å²) in [5.74, 6) is 1.04. The van der Waals surface area contributed by atoms with Crippen molar-refractivity contribution in [1.82, 2.24) is 45.3 Å². The van der Waals surface area contributed by atoms with Gasteiger partial charge in [-0.05, 0) is 61.7 Å². The first kappa shape index (κ1) is 33.4. The molecule has 1 saturated heterocycles. The van der Waals surface area contributed by atoms with E-state index in [4.69, 9.17) is 10.8 Å². The van der Waals surface area contributed by atoms with Crippen LogP contribution in [0, 0.1) is 0 Å². The van der Waals surface area contributed by atoms with Crippen LogP contribution in [0.15, 0.2) is 73.4 Å².